The smallest absolute Gasteiger partial charge is 0.409 e. The van der Waals surface area contributed by atoms with Crippen LogP contribution in [0.15, 0.2) is 0 Å². The van der Waals surface area contributed by atoms with Crippen LogP contribution in [0, 0.1) is 0 Å². The molecule has 0 unspecified atom stereocenters. The molecule has 0 fully saturated rings. The van der Waals surface area contributed by atoms with Crippen LogP contribution in [0.1, 0.15) is 17.7 Å². The number of carbonyl (C=O) groups excluding carboxylic acids is 1. The molecule has 1 heterocycles. The van der Waals surface area contributed by atoms with Crippen LogP contribution >= 0.6 is 0 Å². The minimum atomic E-state index is -5.07. The number of hydrogen-bond acceptors (Lipinski definition) is 3. The molecule has 0 saturated heterocycles. The lowest BCUT2D eigenvalue weighted by Gasteiger charge is -2.07. The normalized spacial score (nSPS) is 11.9. The van der Waals surface area contributed by atoms with E-state index in [0.29, 0.717) is 4.68 Å². The Labute approximate surface area is 85.6 Å². The molecule has 0 aliphatic rings. The lowest BCUT2D eigenvalue weighted by molar-refractivity contribution is -0.141. The first-order valence-electron chi connectivity index (χ1n) is 3.81. The monoisotopic (exact) mass is 244 g/mol. The van der Waals surface area contributed by atoms with Crippen molar-refractivity contribution < 1.29 is 31.5 Å². The van der Waals surface area contributed by atoms with Gasteiger partial charge in [0, 0.05) is 7.05 Å². The predicted molar refractivity (Wildman–Crippen MR) is 39.9 cm³/mol. The molecule has 1 aromatic heterocycles. The van der Waals surface area contributed by atoms with Crippen molar-refractivity contribution in [2.24, 2.45) is 7.05 Å². The molecule has 0 saturated carbocycles. The second-order valence-corrected chi connectivity index (χ2v) is 2.70. The standard InChI is InChI=1S/C7H5F5N2O2/c1-14-6(16-2-15)3(7(10,11)12)4(13-14)5(8)9/h2,5H,1H3. The summed E-state index contributed by atoms with van der Waals surface area (Å²) in [5, 5.41) is 2.96. The highest BCUT2D eigenvalue weighted by Crippen LogP contribution is 2.41. The summed E-state index contributed by atoms with van der Waals surface area (Å²) in [6.45, 7) is -0.290. The number of nitrogens with zero attached hydrogens (tertiary/aromatic N) is 2. The van der Waals surface area contributed by atoms with Crippen LogP contribution in [-0.2, 0) is 18.0 Å². The zero-order valence-corrected chi connectivity index (χ0v) is 7.76. The lowest BCUT2D eigenvalue weighted by atomic mass is 10.2. The van der Waals surface area contributed by atoms with E-state index in [-0.39, 0.29) is 6.47 Å². The number of halogens is 5. The van der Waals surface area contributed by atoms with Crippen molar-refractivity contribution in [1.82, 2.24) is 9.78 Å². The number of carbonyl (C=O) groups is 1. The SMILES string of the molecule is Cn1nc(C(F)F)c(C(F)(F)F)c1OC=O. The van der Waals surface area contributed by atoms with Crippen molar-refractivity contribution in [2.75, 3.05) is 0 Å². The Morgan fingerprint density at radius 2 is 2.00 bits per heavy atom. The molecule has 9 heteroatoms. The average molecular weight is 244 g/mol. The third-order valence-electron chi connectivity index (χ3n) is 1.67. The van der Waals surface area contributed by atoms with Gasteiger partial charge in [0.05, 0.1) is 0 Å². The van der Waals surface area contributed by atoms with Gasteiger partial charge in [0.1, 0.15) is 11.3 Å². The van der Waals surface area contributed by atoms with Gasteiger partial charge in [-0.25, -0.2) is 13.5 Å². The quantitative estimate of drug-likeness (QED) is 0.602. The number of aromatic nitrogens is 2. The number of alkyl halides is 5. The maximum absolute atomic E-state index is 12.4. The van der Waals surface area contributed by atoms with E-state index in [1.54, 1.807) is 0 Å². The van der Waals surface area contributed by atoms with Crippen LogP contribution in [0.25, 0.3) is 0 Å². The first-order chi connectivity index (χ1) is 7.29. The summed E-state index contributed by atoms with van der Waals surface area (Å²) in [5.74, 6) is -1.06. The minimum Gasteiger partial charge on any atom is -0.409 e. The molecule has 0 aliphatic carbocycles. The molecular weight excluding hydrogens is 239 g/mol. The Hall–Kier alpha value is -1.67. The first-order valence-corrected chi connectivity index (χ1v) is 3.81. The average Bonchev–Trinajstić information content (AvgIpc) is 2.44. The van der Waals surface area contributed by atoms with Gasteiger partial charge in [-0.1, -0.05) is 0 Å². The topological polar surface area (TPSA) is 44.1 Å². The molecule has 0 N–H and O–H groups in total. The first kappa shape index (κ1) is 12.4. The molecule has 0 bridgehead atoms. The highest BCUT2D eigenvalue weighted by molar-refractivity contribution is 5.47. The van der Waals surface area contributed by atoms with E-state index < -0.39 is 29.7 Å². The molecule has 0 aromatic carbocycles. The van der Waals surface area contributed by atoms with Gasteiger partial charge in [0.15, 0.2) is 0 Å². The second-order valence-electron chi connectivity index (χ2n) is 2.70. The summed E-state index contributed by atoms with van der Waals surface area (Å²) >= 11 is 0. The van der Waals surface area contributed by atoms with E-state index in [1.165, 1.54) is 0 Å². The fraction of sp³-hybridized carbons (Fsp3) is 0.429. The fourth-order valence-electron chi connectivity index (χ4n) is 1.13. The Bertz CT molecular complexity index is 398. The van der Waals surface area contributed by atoms with Crippen molar-refractivity contribution in [3.05, 3.63) is 11.3 Å². The largest absolute Gasteiger partial charge is 0.423 e. The number of rotatable bonds is 3. The van der Waals surface area contributed by atoms with Crippen LogP contribution in [-0.4, -0.2) is 16.3 Å². The van der Waals surface area contributed by atoms with Crippen LogP contribution < -0.4 is 4.74 Å². The molecule has 0 atom stereocenters. The molecule has 0 amide bonds. The van der Waals surface area contributed by atoms with Gasteiger partial charge in [-0.15, -0.1) is 0 Å². The summed E-state index contributed by atoms with van der Waals surface area (Å²) in [6, 6.07) is 0. The third kappa shape index (κ3) is 2.12. The number of hydrogen-bond donors (Lipinski definition) is 0. The van der Waals surface area contributed by atoms with Crippen molar-refractivity contribution in [2.45, 2.75) is 12.6 Å². The van der Waals surface area contributed by atoms with Crippen LogP contribution in [0.3, 0.4) is 0 Å². The summed E-state index contributed by atoms with van der Waals surface area (Å²) in [6.07, 6.45) is -8.48. The molecule has 1 rings (SSSR count). The van der Waals surface area contributed by atoms with E-state index in [0.717, 1.165) is 7.05 Å². The summed E-state index contributed by atoms with van der Waals surface area (Å²) < 4.78 is 66.2. The van der Waals surface area contributed by atoms with Gasteiger partial charge >= 0.3 is 6.18 Å². The Balaban J connectivity index is 3.43. The van der Waals surface area contributed by atoms with Gasteiger partial charge in [-0.3, -0.25) is 4.79 Å². The highest BCUT2D eigenvalue weighted by atomic mass is 19.4. The highest BCUT2D eigenvalue weighted by Gasteiger charge is 2.43. The van der Waals surface area contributed by atoms with E-state index in [2.05, 4.69) is 9.84 Å². The molecule has 0 spiro atoms. The van der Waals surface area contributed by atoms with Gasteiger partial charge in [-0.05, 0) is 0 Å². The molecule has 0 radical (unpaired) electrons. The van der Waals surface area contributed by atoms with E-state index in [4.69, 9.17) is 0 Å². The Morgan fingerprint density at radius 1 is 1.44 bits per heavy atom. The number of aryl methyl sites for hydroxylation is 1. The predicted octanol–water partition coefficient (Wildman–Crippen LogP) is 1.91. The van der Waals surface area contributed by atoms with Crippen molar-refractivity contribution >= 4 is 6.47 Å². The number of ether oxygens (including phenoxy) is 1. The summed E-state index contributed by atoms with van der Waals surface area (Å²) in [4.78, 5) is 9.97. The lowest BCUT2D eigenvalue weighted by Crippen LogP contribution is -2.10. The van der Waals surface area contributed by atoms with Crippen molar-refractivity contribution in [1.29, 1.82) is 0 Å². The Kier molecular flexibility index (Phi) is 3.15. The molecule has 1 aromatic rings. The Morgan fingerprint density at radius 3 is 2.38 bits per heavy atom. The molecule has 16 heavy (non-hydrogen) atoms. The zero-order chi connectivity index (χ0) is 12.5. The minimum absolute atomic E-state index is 0.290. The molecular formula is C7H5F5N2O2. The van der Waals surface area contributed by atoms with E-state index in [1.807, 2.05) is 0 Å². The van der Waals surface area contributed by atoms with Gasteiger partial charge < -0.3 is 4.74 Å². The van der Waals surface area contributed by atoms with Crippen molar-refractivity contribution in [3.8, 4) is 5.88 Å². The van der Waals surface area contributed by atoms with E-state index in [9.17, 15) is 26.7 Å². The fourth-order valence-corrected chi connectivity index (χ4v) is 1.13. The van der Waals surface area contributed by atoms with Crippen molar-refractivity contribution in [3.63, 3.8) is 0 Å². The zero-order valence-electron chi connectivity index (χ0n) is 7.76. The molecule has 4 nitrogen and oxygen atoms in total. The van der Waals surface area contributed by atoms with Crippen LogP contribution in [0.4, 0.5) is 22.0 Å². The molecule has 0 aliphatic heterocycles. The maximum atomic E-state index is 12.4. The van der Waals surface area contributed by atoms with Crippen LogP contribution in [0.5, 0.6) is 5.88 Å². The second kappa shape index (κ2) is 4.06. The van der Waals surface area contributed by atoms with Gasteiger partial charge in [0.25, 0.3) is 12.9 Å². The van der Waals surface area contributed by atoms with Gasteiger partial charge in [0.2, 0.25) is 5.88 Å². The summed E-state index contributed by atoms with van der Waals surface area (Å²) in [7, 11) is 0.958. The van der Waals surface area contributed by atoms with Crippen LogP contribution in [0.2, 0.25) is 0 Å². The van der Waals surface area contributed by atoms with E-state index >= 15 is 0 Å². The maximum Gasteiger partial charge on any atom is 0.423 e. The molecule has 90 valence electrons. The summed E-state index contributed by atoms with van der Waals surface area (Å²) in [5.41, 5.74) is -3.20. The third-order valence-corrected chi connectivity index (χ3v) is 1.67. The van der Waals surface area contributed by atoms with Gasteiger partial charge in [-0.2, -0.15) is 18.3 Å².